The normalized spacial score (nSPS) is 11.2. The summed E-state index contributed by atoms with van der Waals surface area (Å²) in [5.74, 6) is -0.657. The van der Waals surface area contributed by atoms with Crippen molar-refractivity contribution in [1.29, 1.82) is 0 Å². The van der Waals surface area contributed by atoms with Crippen molar-refractivity contribution in [1.82, 2.24) is 4.72 Å². The van der Waals surface area contributed by atoms with Gasteiger partial charge in [0.15, 0.2) is 0 Å². The third-order valence-corrected chi connectivity index (χ3v) is 5.69. The molecule has 6 nitrogen and oxygen atoms in total. The van der Waals surface area contributed by atoms with E-state index >= 15 is 0 Å². The van der Waals surface area contributed by atoms with E-state index < -0.39 is 16.0 Å². The molecular formula is C13H17ClN2O4S2. The molecular weight excluding hydrogens is 348 g/mol. The maximum absolute atomic E-state index is 12.5. The maximum atomic E-state index is 12.5. The molecule has 9 heteroatoms. The minimum atomic E-state index is -3.80. The van der Waals surface area contributed by atoms with Crippen LogP contribution in [0.5, 0.6) is 0 Å². The smallest absolute Gasteiger partial charge is 0.349 e. The van der Waals surface area contributed by atoms with Gasteiger partial charge in [0.05, 0.1) is 7.11 Å². The molecule has 0 aliphatic rings. The Labute approximate surface area is 139 Å². The molecule has 0 unspecified atom stereocenters. The first-order valence-electron chi connectivity index (χ1n) is 6.31. The predicted molar refractivity (Wildman–Crippen MR) is 89.3 cm³/mol. The number of rotatable bonds is 6. The molecule has 0 spiro atoms. The number of esters is 1. The van der Waals surface area contributed by atoms with E-state index in [1.165, 1.54) is 7.11 Å². The Morgan fingerprint density at radius 3 is 2.68 bits per heavy atom. The van der Waals surface area contributed by atoms with E-state index in [0.717, 1.165) is 16.0 Å². The Kier molecular flexibility index (Phi) is 6.76. The lowest BCUT2D eigenvalue weighted by atomic mass is 10.2. The minimum Gasteiger partial charge on any atom is -0.465 e. The highest BCUT2D eigenvalue weighted by Gasteiger charge is 2.28. The number of halogens is 1. The van der Waals surface area contributed by atoms with Crippen molar-refractivity contribution in [2.75, 3.05) is 20.2 Å². The van der Waals surface area contributed by atoms with Crippen molar-refractivity contribution in [3.05, 3.63) is 29.1 Å². The largest absolute Gasteiger partial charge is 0.465 e. The summed E-state index contributed by atoms with van der Waals surface area (Å²) in [5.41, 5.74) is 5.36. The van der Waals surface area contributed by atoms with Gasteiger partial charge in [0.2, 0.25) is 10.0 Å². The van der Waals surface area contributed by atoms with Gasteiger partial charge in [-0.3, -0.25) is 0 Å². The number of nitrogens with two attached hydrogens (primary N) is 1. The molecule has 0 atom stereocenters. The van der Waals surface area contributed by atoms with E-state index in [-0.39, 0.29) is 28.7 Å². The van der Waals surface area contributed by atoms with Gasteiger partial charge < -0.3 is 10.5 Å². The lowest BCUT2D eigenvalue weighted by Crippen LogP contribution is -2.27. The van der Waals surface area contributed by atoms with Crippen molar-refractivity contribution in [2.24, 2.45) is 5.73 Å². The van der Waals surface area contributed by atoms with Crippen LogP contribution in [-0.2, 0) is 14.8 Å². The highest BCUT2D eigenvalue weighted by Crippen LogP contribution is 2.34. The average Bonchev–Trinajstić information content (AvgIpc) is 2.86. The molecule has 0 aliphatic heterocycles. The second-order valence-electron chi connectivity index (χ2n) is 4.29. The van der Waals surface area contributed by atoms with Gasteiger partial charge in [0, 0.05) is 16.6 Å². The van der Waals surface area contributed by atoms with Gasteiger partial charge >= 0.3 is 5.97 Å². The van der Waals surface area contributed by atoms with Crippen LogP contribution in [0, 0.1) is 0 Å². The van der Waals surface area contributed by atoms with E-state index in [0.29, 0.717) is 18.4 Å². The first-order chi connectivity index (χ1) is 10.0. The van der Waals surface area contributed by atoms with Gasteiger partial charge in [-0.05, 0) is 19.0 Å². The zero-order valence-electron chi connectivity index (χ0n) is 11.9. The van der Waals surface area contributed by atoms with Crippen LogP contribution in [-0.4, -0.2) is 34.6 Å². The van der Waals surface area contributed by atoms with E-state index in [1.807, 2.05) is 0 Å². The number of hydrogen-bond acceptors (Lipinski definition) is 6. The Balaban J connectivity index is 0.00000242. The topological polar surface area (TPSA) is 98.5 Å². The number of methoxy groups -OCH3 is 1. The number of fused-ring (bicyclic) bond motifs is 1. The number of carbonyl (C=O) groups is 1. The highest BCUT2D eigenvalue weighted by atomic mass is 35.5. The third-order valence-electron chi connectivity index (χ3n) is 2.86. The summed E-state index contributed by atoms with van der Waals surface area (Å²) in [4.78, 5) is 11.9. The van der Waals surface area contributed by atoms with E-state index in [9.17, 15) is 13.2 Å². The van der Waals surface area contributed by atoms with Crippen LogP contribution in [0.4, 0.5) is 0 Å². The Bertz CT molecular complexity index is 758. The van der Waals surface area contributed by atoms with Gasteiger partial charge in [0.25, 0.3) is 0 Å². The summed E-state index contributed by atoms with van der Waals surface area (Å²) in [6.07, 6.45) is 0.523. The number of sulfonamides is 1. The van der Waals surface area contributed by atoms with Crippen LogP contribution in [0.3, 0.4) is 0 Å². The van der Waals surface area contributed by atoms with Crippen molar-refractivity contribution >= 4 is 49.8 Å². The van der Waals surface area contributed by atoms with Crippen LogP contribution in [0.15, 0.2) is 29.2 Å². The van der Waals surface area contributed by atoms with Crippen LogP contribution >= 0.6 is 23.7 Å². The van der Waals surface area contributed by atoms with E-state index in [4.69, 9.17) is 5.73 Å². The number of ether oxygens (including phenoxy) is 1. The summed E-state index contributed by atoms with van der Waals surface area (Å²) < 4.78 is 32.8. The van der Waals surface area contributed by atoms with E-state index in [1.54, 1.807) is 24.3 Å². The van der Waals surface area contributed by atoms with Gasteiger partial charge in [-0.1, -0.05) is 18.2 Å². The fourth-order valence-corrected chi connectivity index (χ4v) is 4.78. The number of carbonyl (C=O) groups excluding carboxylic acids is 1. The Morgan fingerprint density at radius 1 is 1.36 bits per heavy atom. The molecule has 1 aromatic heterocycles. The highest BCUT2D eigenvalue weighted by molar-refractivity contribution is 7.90. The minimum absolute atomic E-state index is 0. The summed E-state index contributed by atoms with van der Waals surface area (Å²) in [7, 11) is -2.57. The second kappa shape index (κ2) is 7.89. The monoisotopic (exact) mass is 364 g/mol. The fourth-order valence-electron chi connectivity index (χ4n) is 1.90. The maximum Gasteiger partial charge on any atom is 0.349 e. The Morgan fingerprint density at radius 2 is 2.05 bits per heavy atom. The molecule has 0 fully saturated rings. The molecule has 2 aromatic rings. The van der Waals surface area contributed by atoms with Crippen molar-refractivity contribution in [3.8, 4) is 0 Å². The molecule has 3 N–H and O–H groups in total. The summed E-state index contributed by atoms with van der Waals surface area (Å²) >= 11 is 1.10. The van der Waals surface area contributed by atoms with Crippen LogP contribution in [0.25, 0.3) is 10.1 Å². The van der Waals surface area contributed by atoms with Crippen molar-refractivity contribution in [3.63, 3.8) is 0 Å². The fraction of sp³-hybridized carbons (Fsp3) is 0.308. The number of hydrogen-bond donors (Lipinski definition) is 2. The predicted octanol–water partition coefficient (Wildman–Crippen LogP) is 1.74. The molecule has 122 valence electrons. The standard InChI is InChI=1S/C13H16N2O4S2.ClH/c1-19-13(16)11-12(21(17,18)15-8-4-7-14)9-5-2-3-6-10(9)20-11;/h2-3,5-6,15H,4,7-8,14H2,1H3;1H. The SMILES string of the molecule is COC(=O)c1sc2ccccc2c1S(=O)(=O)NCCCN.Cl. The lowest BCUT2D eigenvalue weighted by Gasteiger charge is -2.07. The molecule has 1 aromatic carbocycles. The lowest BCUT2D eigenvalue weighted by molar-refractivity contribution is 0.0602. The molecule has 0 aliphatic carbocycles. The first kappa shape index (κ1) is 18.9. The molecule has 0 radical (unpaired) electrons. The van der Waals surface area contributed by atoms with Gasteiger partial charge in [-0.25, -0.2) is 17.9 Å². The van der Waals surface area contributed by atoms with Gasteiger partial charge in [0.1, 0.15) is 9.77 Å². The summed E-state index contributed by atoms with van der Waals surface area (Å²) in [6, 6.07) is 6.97. The molecule has 2 rings (SSSR count). The van der Waals surface area contributed by atoms with Crippen LogP contribution < -0.4 is 10.5 Å². The number of thiophene rings is 1. The molecule has 0 saturated carbocycles. The number of nitrogens with one attached hydrogen (secondary N) is 1. The van der Waals surface area contributed by atoms with Gasteiger partial charge in [-0.15, -0.1) is 23.7 Å². The first-order valence-corrected chi connectivity index (χ1v) is 8.61. The van der Waals surface area contributed by atoms with Crippen molar-refractivity contribution in [2.45, 2.75) is 11.3 Å². The second-order valence-corrected chi connectivity index (χ2v) is 7.04. The molecule has 0 bridgehead atoms. The number of benzene rings is 1. The zero-order chi connectivity index (χ0) is 15.5. The molecule has 0 saturated heterocycles. The third kappa shape index (κ3) is 3.76. The van der Waals surface area contributed by atoms with Gasteiger partial charge in [-0.2, -0.15) is 0 Å². The Hall–Kier alpha value is -1.19. The van der Waals surface area contributed by atoms with E-state index in [2.05, 4.69) is 9.46 Å². The average molecular weight is 365 g/mol. The van der Waals surface area contributed by atoms with Crippen LogP contribution in [0.2, 0.25) is 0 Å². The quantitative estimate of drug-likeness (QED) is 0.601. The summed E-state index contributed by atoms with van der Waals surface area (Å²) in [6.45, 7) is 0.611. The molecule has 1 heterocycles. The van der Waals surface area contributed by atoms with Crippen LogP contribution in [0.1, 0.15) is 16.1 Å². The molecule has 22 heavy (non-hydrogen) atoms. The van der Waals surface area contributed by atoms with Crippen molar-refractivity contribution < 1.29 is 17.9 Å². The summed E-state index contributed by atoms with van der Waals surface area (Å²) in [5, 5.41) is 0.517. The zero-order valence-corrected chi connectivity index (χ0v) is 14.3. The molecule has 0 amide bonds.